The molecule has 17 heteroatoms. The van der Waals surface area contributed by atoms with Gasteiger partial charge in [-0.1, -0.05) is 24.3 Å². The number of fused-ring (bicyclic) bond motifs is 1. The first kappa shape index (κ1) is 39.2. The van der Waals surface area contributed by atoms with Crippen molar-refractivity contribution in [2.45, 2.75) is 75.3 Å². The van der Waals surface area contributed by atoms with Crippen LogP contribution in [-0.4, -0.2) is 110 Å². The fourth-order valence-corrected chi connectivity index (χ4v) is 8.91. The number of hydrogen-bond donors (Lipinski definition) is 3. The number of nitrogens with one attached hydrogen (secondary N) is 3. The maximum absolute atomic E-state index is 15.6. The normalized spacial score (nSPS) is 23.7. The first-order valence-electron chi connectivity index (χ1n) is 18.8. The molecule has 4 aliphatic rings. The molecule has 1 saturated heterocycles. The summed E-state index contributed by atoms with van der Waals surface area (Å²) in [5.74, 6) is -1.40. The molecule has 12 nitrogen and oxygen atoms in total. The molecule has 2 atom stereocenters. The summed E-state index contributed by atoms with van der Waals surface area (Å²) in [6.45, 7) is 5.55. The smallest absolute Gasteiger partial charge is 0.421 e. The lowest BCUT2D eigenvalue weighted by Gasteiger charge is -2.42. The van der Waals surface area contributed by atoms with Gasteiger partial charge in [-0.2, -0.15) is 22.5 Å². The van der Waals surface area contributed by atoms with E-state index < -0.39 is 51.4 Å². The molecule has 1 aliphatic heterocycles. The second-order valence-corrected chi connectivity index (χ2v) is 17.3. The topological polar surface area (TPSA) is 132 Å². The van der Waals surface area contributed by atoms with Crippen molar-refractivity contribution in [3.8, 4) is 5.75 Å². The number of methoxy groups -OCH3 is 1. The summed E-state index contributed by atoms with van der Waals surface area (Å²) in [5, 5.41) is 8.57. The Morgan fingerprint density at radius 3 is 2.40 bits per heavy atom. The van der Waals surface area contributed by atoms with Crippen LogP contribution in [0.2, 0.25) is 0 Å². The highest BCUT2D eigenvalue weighted by molar-refractivity contribution is 7.88. The number of anilines is 3. The lowest BCUT2D eigenvalue weighted by Crippen LogP contribution is -2.52. The van der Waals surface area contributed by atoms with E-state index in [1.165, 1.54) is 39.6 Å². The molecule has 1 aromatic heterocycles. The van der Waals surface area contributed by atoms with Gasteiger partial charge in [-0.05, 0) is 68.1 Å². The molecule has 1 amide bonds. The molecular formula is C38H48F4N8O4S. The molecule has 2 heterocycles. The van der Waals surface area contributed by atoms with Crippen LogP contribution >= 0.6 is 0 Å². The Bertz CT molecular complexity index is 1980. The predicted octanol–water partition coefficient (Wildman–Crippen LogP) is 5.42. The minimum Gasteiger partial charge on any atom is -0.495 e. The number of rotatable bonds is 12. The van der Waals surface area contributed by atoms with E-state index in [0.717, 1.165) is 80.0 Å². The Kier molecular flexibility index (Phi) is 11.3. The Morgan fingerprint density at radius 1 is 1.04 bits per heavy atom. The van der Waals surface area contributed by atoms with Gasteiger partial charge in [0.1, 0.15) is 22.9 Å². The van der Waals surface area contributed by atoms with Gasteiger partial charge in [0.15, 0.2) is 0 Å². The zero-order valence-corrected chi connectivity index (χ0v) is 32.0. The summed E-state index contributed by atoms with van der Waals surface area (Å²) in [7, 11) is -1.04. The maximum Gasteiger partial charge on any atom is 0.421 e. The van der Waals surface area contributed by atoms with Gasteiger partial charge < -0.3 is 25.6 Å². The SMILES string of the molecule is COc1cc(C(=O)NC2CCC(N3CCN(CC4CC4)CC3)CC2)c(F)cc1Nc1ncc(C(F)(F)F)c(N[C@@H]2Cc3ccccc3[C@H]2N(C)S(C)(=O)=O)n1. The second-order valence-electron chi connectivity index (χ2n) is 15.2. The van der Waals surface area contributed by atoms with Crippen LogP contribution in [0.4, 0.5) is 35.0 Å². The molecule has 55 heavy (non-hydrogen) atoms. The van der Waals surface area contributed by atoms with Crippen molar-refractivity contribution in [2.24, 2.45) is 5.92 Å². The number of hydrogen-bond acceptors (Lipinski definition) is 10. The molecule has 3 fully saturated rings. The Balaban J connectivity index is 1.03. The maximum atomic E-state index is 15.6. The highest BCUT2D eigenvalue weighted by atomic mass is 32.2. The third-order valence-electron chi connectivity index (χ3n) is 11.5. The number of piperazine rings is 1. The monoisotopic (exact) mass is 788 g/mol. The number of nitrogens with zero attached hydrogens (tertiary/aromatic N) is 5. The molecule has 0 radical (unpaired) electrons. The average Bonchev–Trinajstić information content (AvgIpc) is 3.89. The minimum atomic E-state index is -4.85. The molecule has 3 aromatic rings. The van der Waals surface area contributed by atoms with Gasteiger partial charge >= 0.3 is 6.18 Å². The van der Waals surface area contributed by atoms with E-state index in [-0.39, 0.29) is 35.4 Å². The van der Waals surface area contributed by atoms with Crippen LogP contribution in [0.15, 0.2) is 42.6 Å². The number of sulfonamides is 1. The van der Waals surface area contributed by atoms with Crippen molar-refractivity contribution >= 4 is 33.4 Å². The third-order valence-corrected chi connectivity index (χ3v) is 12.7. The third kappa shape index (κ3) is 9.00. The number of carbonyl (C=O) groups is 1. The number of aromatic nitrogens is 2. The molecular weight excluding hydrogens is 741 g/mol. The van der Waals surface area contributed by atoms with Crippen molar-refractivity contribution in [3.05, 3.63) is 70.7 Å². The number of halogens is 4. The number of likely N-dealkylation sites (N-methyl/N-ethyl adjacent to an activating group) is 1. The fourth-order valence-electron chi connectivity index (χ4n) is 8.23. The molecule has 3 N–H and O–H groups in total. The zero-order valence-electron chi connectivity index (χ0n) is 31.2. The summed E-state index contributed by atoms with van der Waals surface area (Å²) in [6, 6.07) is 8.07. The van der Waals surface area contributed by atoms with Crippen LogP contribution in [0.3, 0.4) is 0 Å². The lowest BCUT2D eigenvalue weighted by molar-refractivity contribution is -0.137. The van der Waals surface area contributed by atoms with Crippen LogP contribution in [0, 0.1) is 11.7 Å². The lowest BCUT2D eigenvalue weighted by atomic mass is 9.89. The van der Waals surface area contributed by atoms with Gasteiger partial charge in [-0.25, -0.2) is 17.8 Å². The highest BCUT2D eigenvalue weighted by Crippen LogP contribution is 2.41. The molecule has 7 rings (SSSR count). The van der Waals surface area contributed by atoms with E-state index in [0.29, 0.717) is 17.8 Å². The Hall–Kier alpha value is -4.06. The van der Waals surface area contributed by atoms with Gasteiger partial charge in [0.05, 0.1) is 36.7 Å². The van der Waals surface area contributed by atoms with E-state index in [1.54, 1.807) is 24.3 Å². The van der Waals surface area contributed by atoms with Gasteiger partial charge in [-0.15, -0.1) is 0 Å². The van der Waals surface area contributed by atoms with Crippen LogP contribution in [0.25, 0.3) is 0 Å². The van der Waals surface area contributed by atoms with Crippen LogP contribution in [-0.2, 0) is 22.6 Å². The van der Waals surface area contributed by atoms with E-state index in [2.05, 4.69) is 35.7 Å². The first-order chi connectivity index (χ1) is 26.2. The summed E-state index contributed by atoms with van der Waals surface area (Å²) in [4.78, 5) is 26.4. The predicted molar refractivity (Wildman–Crippen MR) is 200 cm³/mol. The summed E-state index contributed by atoms with van der Waals surface area (Å²) < 4.78 is 90.1. The van der Waals surface area contributed by atoms with E-state index in [9.17, 15) is 26.4 Å². The number of alkyl halides is 3. The number of carbonyl (C=O) groups excluding carboxylic acids is 1. The van der Waals surface area contributed by atoms with Crippen molar-refractivity contribution in [1.82, 2.24) is 29.4 Å². The molecule has 0 spiro atoms. The standard InChI is InChI=1S/C38H48F4N8O4S/c1-48(55(3,52)53)34-27-7-5-4-6-24(27)18-32(34)45-35-29(38(40,41)42)21-43-37(47-35)46-31-20-30(39)28(19-33(31)54-2)36(51)44-25-10-12-26(13-11-25)50-16-14-49(15-17-50)22-23-8-9-23/h4-7,19-21,23,25-26,32,34H,8-18,22H2,1-3H3,(H,44,51)(H2,43,45,46,47)/t25?,26?,32-,34-/m1/s1. The molecule has 0 unspecified atom stereocenters. The van der Waals surface area contributed by atoms with Gasteiger partial charge in [0.2, 0.25) is 16.0 Å². The Labute approximate surface area is 319 Å². The first-order valence-corrected chi connectivity index (χ1v) is 20.7. The number of amides is 1. The molecule has 3 aliphatic carbocycles. The molecule has 2 saturated carbocycles. The van der Waals surface area contributed by atoms with Gasteiger partial charge in [0.25, 0.3) is 5.91 Å². The number of ether oxygens (including phenoxy) is 1. The fraction of sp³-hybridized carbons (Fsp3) is 0.553. The summed E-state index contributed by atoms with van der Waals surface area (Å²) >= 11 is 0. The highest BCUT2D eigenvalue weighted by Gasteiger charge is 2.42. The molecule has 298 valence electrons. The van der Waals surface area contributed by atoms with E-state index in [4.69, 9.17) is 4.74 Å². The summed E-state index contributed by atoms with van der Waals surface area (Å²) in [6.07, 6.45) is 3.21. The minimum absolute atomic E-state index is 0.0112. The quantitative estimate of drug-likeness (QED) is 0.205. The molecule has 2 aromatic carbocycles. The van der Waals surface area contributed by atoms with Gasteiger partial charge in [-0.3, -0.25) is 9.69 Å². The largest absolute Gasteiger partial charge is 0.495 e. The Morgan fingerprint density at radius 2 is 1.75 bits per heavy atom. The van der Waals surface area contributed by atoms with Crippen molar-refractivity contribution < 1.29 is 35.5 Å². The van der Waals surface area contributed by atoms with Crippen LogP contribution < -0.4 is 20.7 Å². The van der Waals surface area contributed by atoms with Crippen LogP contribution in [0.1, 0.15) is 71.6 Å². The van der Waals surface area contributed by atoms with Crippen molar-refractivity contribution in [2.75, 3.05) is 63.8 Å². The van der Waals surface area contributed by atoms with Crippen LogP contribution in [0.5, 0.6) is 5.75 Å². The molecule has 0 bridgehead atoms. The van der Waals surface area contributed by atoms with Gasteiger partial charge in [0, 0.05) is 64.1 Å². The second kappa shape index (κ2) is 15.8. The van der Waals surface area contributed by atoms with Crippen molar-refractivity contribution in [3.63, 3.8) is 0 Å². The van der Waals surface area contributed by atoms with E-state index in [1.807, 2.05) is 0 Å². The van der Waals surface area contributed by atoms with E-state index >= 15 is 4.39 Å². The zero-order chi connectivity index (χ0) is 39.1. The number of benzene rings is 2. The summed E-state index contributed by atoms with van der Waals surface area (Å²) in [5.41, 5.74) is 0.0438. The average molecular weight is 789 g/mol. The van der Waals surface area contributed by atoms with Crippen molar-refractivity contribution in [1.29, 1.82) is 0 Å².